The van der Waals surface area contributed by atoms with Gasteiger partial charge in [-0.2, -0.15) is 9.61 Å². The van der Waals surface area contributed by atoms with Crippen LogP contribution in [0.25, 0.3) is 4.96 Å². The molecule has 0 unspecified atom stereocenters. The van der Waals surface area contributed by atoms with Gasteiger partial charge in [0.1, 0.15) is 5.01 Å². The minimum atomic E-state index is 0.119. The van der Waals surface area contributed by atoms with E-state index >= 15 is 0 Å². The van der Waals surface area contributed by atoms with E-state index in [-0.39, 0.29) is 11.8 Å². The van der Waals surface area contributed by atoms with E-state index in [2.05, 4.69) is 29.1 Å². The Labute approximate surface area is 145 Å². The van der Waals surface area contributed by atoms with E-state index < -0.39 is 0 Å². The van der Waals surface area contributed by atoms with Crippen molar-refractivity contribution in [2.24, 2.45) is 0 Å². The average Bonchev–Trinajstić information content (AvgIpc) is 3.13. The Balaban J connectivity index is 1.59. The fraction of sp³-hybridized carbons (Fsp3) is 0.412. The van der Waals surface area contributed by atoms with Gasteiger partial charge >= 0.3 is 0 Å². The number of carbonyl (C=O) groups is 1. The van der Waals surface area contributed by atoms with E-state index in [0.717, 1.165) is 21.4 Å². The number of amides is 1. The molecule has 0 radical (unpaired) electrons. The van der Waals surface area contributed by atoms with Crippen molar-refractivity contribution in [3.63, 3.8) is 0 Å². The third-order valence-corrected chi connectivity index (χ3v) is 4.77. The summed E-state index contributed by atoms with van der Waals surface area (Å²) >= 11 is 1.50. The van der Waals surface area contributed by atoms with Gasteiger partial charge in [-0.05, 0) is 5.56 Å². The summed E-state index contributed by atoms with van der Waals surface area (Å²) in [6, 6.07) is 10.0. The van der Waals surface area contributed by atoms with E-state index in [1.807, 2.05) is 37.4 Å². The van der Waals surface area contributed by atoms with Crippen molar-refractivity contribution in [2.75, 3.05) is 7.05 Å². The Kier molecular flexibility index (Phi) is 4.89. The normalized spacial score (nSPS) is 11.3. The van der Waals surface area contributed by atoms with Gasteiger partial charge in [-0.15, -0.1) is 10.2 Å². The molecule has 0 aliphatic heterocycles. The molecular formula is C17H21N5OS. The molecule has 0 fully saturated rings. The van der Waals surface area contributed by atoms with Crippen LogP contribution in [-0.2, 0) is 17.8 Å². The second-order valence-electron chi connectivity index (χ2n) is 6.14. The van der Waals surface area contributed by atoms with Gasteiger partial charge in [0.2, 0.25) is 10.9 Å². The second-order valence-corrected chi connectivity index (χ2v) is 7.18. The molecule has 6 nitrogen and oxygen atoms in total. The second kappa shape index (κ2) is 7.09. The lowest BCUT2D eigenvalue weighted by Gasteiger charge is -2.16. The fourth-order valence-corrected chi connectivity index (χ4v) is 3.32. The molecule has 0 aliphatic carbocycles. The van der Waals surface area contributed by atoms with E-state index in [0.29, 0.717) is 19.4 Å². The number of hydrogen-bond donors (Lipinski definition) is 0. The quantitative estimate of drug-likeness (QED) is 0.690. The first-order valence-corrected chi connectivity index (χ1v) is 8.85. The molecule has 0 spiro atoms. The number of fused-ring (bicyclic) bond motifs is 1. The van der Waals surface area contributed by atoms with Crippen LogP contribution < -0.4 is 0 Å². The van der Waals surface area contributed by atoms with Crippen molar-refractivity contribution in [3.8, 4) is 0 Å². The van der Waals surface area contributed by atoms with Gasteiger partial charge in [0.05, 0.1) is 0 Å². The van der Waals surface area contributed by atoms with Crippen LogP contribution in [-0.4, -0.2) is 37.7 Å². The first-order chi connectivity index (χ1) is 11.5. The predicted octanol–water partition coefficient (Wildman–Crippen LogP) is 2.90. The smallest absolute Gasteiger partial charge is 0.234 e. The minimum absolute atomic E-state index is 0.119. The maximum atomic E-state index is 12.3. The minimum Gasteiger partial charge on any atom is -0.341 e. The summed E-state index contributed by atoms with van der Waals surface area (Å²) in [5, 5.41) is 13.8. The molecule has 3 aromatic rings. The zero-order chi connectivity index (χ0) is 17.1. The highest BCUT2D eigenvalue weighted by atomic mass is 32.1. The molecule has 2 heterocycles. The molecular weight excluding hydrogens is 322 g/mol. The van der Waals surface area contributed by atoms with Gasteiger partial charge in [0.15, 0.2) is 5.82 Å². The van der Waals surface area contributed by atoms with Crippen molar-refractivity contribution >= 4 is 22.2 Å². The molecule has 0 saturated carbocycles. The van der Waals surface area contributed by atoms with Crippen molar-refractivity contribution < 1.29 is 4.79 Å². The number of nitrogens with zero attached hydrogens (tertiary/aromatic N) is 5. The molecule has 3 rings (SSSR count). The summed E-state index contributed by atoms with van der Waals surface area (Å²) in [5.41, 5.74) is 1.13. The van der Waals surface area contributed by atoms with E-state index in [1.165, 1.54) is 11.3 Å². The number of aryl methyl sites for hydroxylation is 1. The summed E-state index contributed by atoms with van der Waals surface area (Å²) in [5.74, 6) is 1.25. The summed E-state index contributed by atoms with van der Waals surface area (Å²) in [6.45, 7) is 4.76. The van der Waals surface area contributed by atoms with Crippen LogP contribution in [0.1, 0.15) is 42.6 Å². The van der Waals surface area contributed by atoms with Gasteiger partial charge < -0.3 is 4.90 Å². The van der Waals surface area contributed by atoms with Crippen LogP contribution in [0.5, 0.6) is 0 Å². The van der Waals surface area contributed by atoms with Crippen LogP contribution in [0.2, 0.25) is 0 Å². The molecule has 0 N–H and O–H groups in total. The van der Waals surface area contributed by atoms with Gasteiger partial charge in [-0.25, -0.2) is 0 Å². The molecule has 1 aromatic carbocycles. The largest absolute Gasteiger partial charge is 0.341 e. The van der Waals surface area contributed by atoms with Crippen molar-refractivity contribution in [1.82, 2.24) is 24.7 Å². The Morgan fingerprint density at radius 2 is 2.00 bits per heavy atom. The molecule has 7 heteroatoms. The molecule has 0 atom stereocenters. The standard InChI is InChI=1S/C17H21N5OS/c1-12(2)16-18-19-17-22(16)20-14(24-17)9-10-15(23)21(3)11-13-7-5-4-6-8-13/h4-8,12H,9-11H2,1-3H3. The monoisotopic (exact) mass is 343 g/mol. The first-order valence-electron chi connectivity index (χ1n) is 8.03. The van der Waals surface area contributed by atoms with Gasteiger partial charge in [-0.3, -0.25) is 4.79 Å². The molecule has 2 aromatic heterocycles. The highest BCUT2D eigenvalue weighted by Crippen LogP contribution is 2.19. The zero-order valence-corrected chi connectivity index (χ0v) is 15.0. The lowest BCUT2D eigenvalue weighted by molar-refractivity contribution is -0.130. The number of hydrogen-bond acceptors (Lipinski definition) is 5. The van der Waals surface area contributed by atoms with E-state index in [9.17, 15) is 4.79 Å². The topological polar surface area (TPSA) is 63.4 Å². The van der Waals surface area contributed by atoms with Crippen LogP contribution in [0, 0.1) is 0 Å². The number of carbonyl (C=O) groups excluding carboxylic acids is 1. The van der Waals surface area contributed by atoms with Gasteiger partial charge in [-0.1, -0.05) is 55.5 Å². The van der Waals surface area contributed by atoms with Crippen molar-refractivity contribution in [1.29, 1.82) is 0 Å². The highest BCUT2D eigenvalue weighted by molar-refractivity contribution is 7.16. The predicted molar refractivity (Wildman–Crippen MR) is 94.0 cm³/mol. The summed E-state index contributed by atoms with van der Waals surface area (Å²) < 4.78 is 1.79. The third-order valence-electron chi connectivity index (χ3n) is 3.81. The lowest BCUT2D eigenvalue weighted by Crippen LogP contribution is -2.26. The maximum absolute atomic E-state index is 12.3. The molecule has 0 aliphatic rings. The van der Waals surface area contributed by atoms with E-state index in [4.69, 9.17) is 0 Å². The Morgan fingerprint density at radius 1 is 1.25 bits per heavy atom. The van der Waals surface area contributed by atoms with Crippen LogP contribution in [0.3, 0.4) is 0 Å². The number of rotatable bonds is 6. The number of benzene rings is 1. The SMILES string of the molecule is CC(C)c1nnc2sc(CCC(=O)N(C)Cc3ccccc3)nn12. The zero-order valence-electron chi connectivity index (χ0n) is 14.1. The third kappa shape index (κ3) is 3.62. The van der Waals surface area contributed by atoms with Crippen LogP contribution >= 0.6 is 11.3 Å². The molecule has 126 valence electrons. The van der Waals surface area contributed by atoms with E-state index in [1.54, 1.807) is 9.42 Å². The number of aromatic nitrogens is 4. The van der Waals surface area contributed by atoms with Crippen molar-refractivity contribution in [3.05, 3.63) is 46.7 Å². The Hall–Kier alpha value is -2.28. The van der Waals surface area contributed by atoms with Gasteiger partial charge in [0, 0.05) is 32.4 Å². The highest BCUT2D eigenvalue weighted by Gasteiger charge is 2.16. The molecule has 0 bridgehead atoms. The lowest BCUT2D eigenvalue weighted by atomic mass is 10.2. The first kappa shape index (κ1) is 16.6. The summed E-state index contributed by atoms with van der Waals surface area (Å²) in [4.78, 5) is 14.9. The van der Waals surface area contributed by atoms with Crippen LogP contribution in [0.4, 0.5) is 0 Å². The van der Waals surface area contributed by atoms with Crippen LogP contribution in [0.15, 0.2) is 30.3 Å². The molecule has 1 amide bonds. The van der Waals surface area contributed by atoms with Crippen molar-refractivity contribution in [2.45, 2.75) is 39.2 Å². The summed E-state index contributed by atoms with van der Waals surface area (Å²) in [6.07, 6.45) is 1.08. The summed E-state index contributed by atoms with van der Waals surface area (Å²) in [7, 11) is 1.84. The molecule has 0 saturated heterocycles. The Bertz CT molecular complexity index is 824. The molecule has 24 heavy (non-hydrogen) atoms. The fourth-order valence-electron chi connectivity index (χ4n) is 2.48. The Morgan fingerprint density at radius 3 is 2.71 bits per heavy atom. The maximum Gasteiger partial charge on any atom is 0.234 e. The van der Waals surface area contributed by atoms with Gasteiger partial charge in [0.25, 0.3) is 0 Å². The average molecular weight is 343 g/mol.